The van der Waals surface area contributed by atoms with Crippen molar-refractivity contribution in [2.45, 2.75) is 12.3 Å². The molecule has 0 aliphatic carbocycles. The molecule has 0 saturated carbocycles. The summed E-state index contributed by atoms with van der Waals surface area (Å²) in [4.78, 5) is 15.1. The molecule has 7 nitrogen and oxygen atoms in total. The van der Waals surface area contributed by atoms with Crippen LogP contribution in [0.5, 0.6) is 0 Å². The van der Waals surface area contributed by atoms with Crippen molar-refractivity contribution in [3.05, 3.63) is 30.2 Å². The van der Waals surface area contributed by atoms with E-state index in [1.807, 2.05) is 18.2 Å². The normalized spacial score (nSPS) is 19.8. The Morgan fingerprint density at radius 1 is 1.33 bits per heavy atom. The number of hydrogen-bond acceptors (Lipinski definition) is 8. The fraction of sp³-hybridized carbons (Fsp3) is 0.312. The van der Waals surface area contributed by atoms with Gasteiger partial charge in [-0.2, -0.15) is 16.7 Å². The molecule has 4 N–H and O–H groups in total. The van der Waals surface area contributed by atoms with Gasteiger partial charge in [0.15, 0.2) is 11.4 Å². The maximum atomic E-state index is 6.18. The third-order valence-electron chi connectivity index (χ3n) is 4.36. The molecule has 1 aromatic carbocycles. The van der Waals surface area contributed by atoms with Gasteiger partial charge in [0.2, 0.25) is 0 Å². The third kappa shape index (κ3) is 2.17. The summed E-state index contributed by atoms with van der Waals surface area (Å²) in [5, 5.41) is 0. The van der Waals surface area contributed by atoms with Gasteiger partial charge in [0, 0.05) is 23.4 Å². The fourth-order valence-electron chi connectivity index (χ4n) is 3.36. The first-order valence-electron chi connectivity index (χ1n) is 7.55. The van der Waals surface area contributed by atoms with Crippen LogP contribution in [0, 0.1) is 0 Å². The molecule has 8 heteroatoms. The molecule has 0 unspecified atom stereocenters. The predicted octanol–water partition coefficient (Wildman–Crippen LogP) is 2.55. The van der Waals surface area contributed by atoms with E-state index in [1.54, 1.807) is 11.8 Å². The van der Waals surface area contributed by atoms with Gasteiger partial charge in [-0.15, -0.1) is 0 Å². The van der Waals surface area contributed by atoms with E-state index in [-0.39, 0.29) is 11.4 Å². The minimum Gasteiger partial charge on any atom is -0.424 e. The fourth-order valence-corrected chi connectivity index (χ4v) is 4.22. The van der Waals surface area contributed by atoms with Crippen LogP contribution < -0.4 is 16.4 Å². The van der Waals surface area contributed by atoms with Crippen LogP contribution in [0.15, 0.2) is 28.9 Å². The summed E-state index contributed by atoms with van der Waals surface area (Å²) in [7, 11) is 0. The molecular weight excluding hydrogens is 324 g/mol. The van der Waals surface area contributed by atoms with Gasteiger partial charge in [0.05, 0.1) is 5.69 Å². The van der Waals surface area contributed by atoms with Crippen molar-refractivity contribution in [1.82, 2.24) is 15.0 Å². The summed E-state index contributed by atoms with van der Waals surface area (Å²) in [6.07, 6.45) is 3.64. The first-order valence-corrected chi connectivity index (χ1v) is 8.95. The van der Waals surface area contributed by atoms with E-state index in [4.69, 9.17) is 15.9 Å². The first-order chi connectivity index (χ1) is 11.5. The molecule has 124 valence electrons. The molecule has 2 aromatic heterocycles. The van der Waals surface area contributed by atoms with E-state index in [0.29, 0.717) is 11.4 Å². The molecule has 4 rings (SSSR count). The molecule has 1 atom stereocenters. The standard InChI is InChI=1S/C16H18N6OS/c1-16(7-24-2)6-22(12-13(16)19-8-20-14(12)17)9-3-4-11-10(5-9)21-15(18)23-11/h3-5,8H,6-7H2,1-2H3,(H2,18,21)(H2,17,19,20)/t16-/m0/s1. The molecule has 3 aromatic rings. The van der Waals surface area contributed by atoms with Crippen molar-refractivity contribution in [3.8, 4) is 0 Å². The highest BCUT2D eigenvalue weighted by molar-refractivity contribution is 7.98. The van der Waals surface area contributed by atoms with Crippen LogP contribution in [0.2, 0.25) is 0 Å². The molecule has 24 heavy (non-hydrogen) atoms. The van der Waals surface area contributed by atoms with Gasteiger partial charge in [-0.25, -0.2) is 9.97 Å². The Kier molecular flexibility index (Phi) is 3.31. The summed E-state index contributed by atoms with van der Waals surface area (Å²) in [5.74, 6) is 1.44. The van der Waals surface area contributed by atoms with Gasteiger partial charge in [0.1, 0.15) is 17.5 Å². The van der Waals surface area contributed by atoms with Gasteiger partial charge in [0.25, 0.3) is 6.01 Å². The van der Waals surface area contributed by atoms with Gasteiger partial charge in [-0.3, -0.25) is 0 Å². The van der Waals surface area contributed by atoms with Crippen LogP contribution in [0.1, 0.15) is 12.6 Å². The minimum absolute atomic E-state index is 0.0936. The second-order valence-electron chi connectivity index (χ2n) is 6.24. The van der Waals surface area contributed by atoms with Crippen LogP contribution in [0.25, 0.3) is 11.1 Å². The Morgan fingerprint density at radius 3 is 2.96 bits per heavy atom. The first kappa shape index (κ1) is 15.1. The summed E-state index contributed by atoms with van der Waals surface area (Å²) in [6.45, 7) is 2.99. The van der Waals surface area contributed by atoms with Crippen molar-refractivity contribution in [2.75, 3.05) is 34.9 Å². The van der Waals surface area contributed by atoms with Gasteiger partial charge in [-0.05, 0) is 24.5 Å². The van der Waals surface area contributed by atoms with Gasteiger partial charge >= 0.3 is 0 Å². The number of nitrogen functional groups attached to an aromatic ring is 2. The lowest BCUT2D eigenvalue weighted by Gasteiger charge is -2.24. The van der Waals surface area contributed by atoms with E-state index < -0.39 is 0 Å². The summed E-state index contributed by atoms with van der Waals surface area (Å²) in [5.41, 5.74) is 16.0. The summed E-state index contributed by atoms with van der Waals surface area (Å²) in [6, 6.07) is 5.97. The molecule has 1 aliphatic heterocycles. The highest BCUT2D eigenvalue weighted by atomic mass is 32.2. The van der Waals surface area contributed by atoms with Crippen molar-refractivity contribution in [3.63, 3.8) is 0 Å². The van der Waals surface area contributed by atoms with E-state index in [2.05, 4.69) is 33.0 Å². The van der Waals surface area contributed by atoms with Crippen LogP contribution >= 0.6 is 11.8 Å². The SMILES string of the molecule is CSC[C@]1(C)CN(c2ccc3oc(N)nc3c2)c2c(N)ncnc21. The Balaban J connectivity index is 1.86. The number of benzene rings is 1. The molecule has 0 spiro atoms. The highest BCUT2D eigenvalue weighted by Gasteiger charge is 2.42. The van der Waals surface area contributed by atoms with Gasteiger partial charge < -0.3 is 20.8 Å². The third-order valence-corrected chi connectivity index (χ3v) is 5.29. The zero-order valence-electron chi connectivity index (χ0n) is 13.5. The number of fused-ring (bicyclic) bond motifs is 2. The number of thioether (sulfide) groups is 1. The molecule has 1 aliphatic rings. The zero-order chi connectivity index (χ0) is 16.9. The Morgan fingerprint density at radius 2 is 2.17 bits per heavy atom. The lowest BCUT2D eigenvalue weighted by Crippen LogP contribution is -2.31. The molecule has 0 bridgehead atoms. The average molecular weight is 342 g/mol. The molecule has 0 radical (unpaired) electrons. The topological polar surface area (TPSA) is 107 Å². The summed E-state index contributed by atoms with van der Waals surface area (Å²) >= 11 is 1.80. The average Bonchev–Trinajstić information content (AvgIpc) is 3.05. The molecule has 0 fully saturated rings. The number of nitrogens with two attached hydrogens (primary N) is 2. The lowest BCUT2D eigenvalue weighted by molar-refractivity contribution is 0.564. The van der Waals surface area contributed by atoms with Crippen LogP contribution in [0.3, 0.4) is 0 Å². The van der Waals surface area contributed by atoms with E-state index in [9.17, 15) is 0 Å². The second-order valence-corrected chi connectivity index (χ2v) is 7.11. The number of rotatable bonds is 3. The highest BCUT2D eigenvalue weighted by Crippen LogP contribution is 2.47. The largest absolute Gasteiger partial charge is 0.424 e. The molecule has 0 amide bonds. The number of aromatic nitrogens is 3. The number of nitrogens with zero attached hydrogens (tertiary/aromatic N) is 4. The maximum Gasteiger partial charge on any atom is 0.292 e. The smallest absolute Gasteiger partial charge is 0.292 e. The van der Waals surface area contributed by atoms with E-state index in [0.717, 1.165) is 34.9 Å². The van der Waals surface area contributed by atoms with E-state index >= 15 is 0 Å². The Bertz CT molecular complexity index is 926. The number of hydrogen-bond donors (Lipinski definition) is 2. The molecular formula is C16H18N6OS. The quantitative estimate of drug-likeness (QED) is 0.748. The van der Waals surface area contributed by atoms with Crippen molar-refractivity contribution in [1.29, 1.82) is 0 Å². The zero-order valence-corrected chi connectivity index (χ0v) is 14.3. The maximum absolute atomic E-state index is 6.18. The lowest BCUT2D eigenvalue weighted by atomic mass is 9.91. The molecule has 0 saturated heterocycles. The van der Waals surface area contributed by atoms with Crippen molar-refractivity contribution in [2.24, 2.45) is 0 Å². The van der Waals surface area contributed by atoms with Crippen LogP contribution in [-0.2, 0) is 5.41 Å². The number of anilines is 4. The van der Waals surface area contributed by atoms with Crippen molar-refractivity contribution < 1.29 is 4.42 Å². The Labute approximate surface area is 143 Å². The minimum atomic E-state index is -0.0936. The van der Waals surface area contributed by atoms with Crippen LogP contribution in [0.4, 0.5) is 23.2 Å². The monoisotopic (exact) mass is 342 g/mol. The number of oxazole rings is 1. The summed E-state index contributed by atoms with van der Waals surface area (Å²) < 4.78 is 5.35. The Hall–Kier alpha value is -2.48. The second kappa shape index (κ2) is 5.27. The predicted molar refractivity (Wildman–Crippen MR) is 97.6 cm³/mol. The van der Waals surface area contributed by atoms with Gasteiger partial charge in [-0.1, -0.05) is 6.92 Å². The molecule has 3 heterocycles. The van der Waals surface area contributed by atoms with Crippen LogP contribution in [-0.4, -0.2) is 33.5 Å². The van der Waals surface area contributed by atoms with Crippen molar-refractivity contribution >= 4 is 46.1 Å². The van der Waals surface area contributed by atoms with E-state index in [1.165, 1.54) is 6.33 Å².